The van der Waals surface area contributed by atoms with Gasteiger partial charge in [0.1, 0.15) is 0 Å². The first-order chi connectivity index (χ1) is 7.43. The standard InChI is InChI=1S/C14H27N/c1-2-12-15-13-8-4-7-11-14-9-5-3-6-10-14/h4,7,14-15H,2-3,5-6,8-13H2,1H3. The maximum Gasteiger partial charge on any atom is -0.00143 e. The Labute approximate surface area is 95.3 Å². The molecule has 0 unspecified atom stereocenters. The van der Waals surface area contributed by atoms with Gasteiger partial charge in [-0.1, -0.05) is 51.2 Å². The quantitative estimate of drug-likeness (QED) is 0.495. The van der Waals surface area contributed by atoms with E-state index in [1.54, 1.807) is 0 Å². The molecule has 1 fully saturated rings. The van der Waals surface area contributed by atoms with Crippen LogP contribution >= 0.6 is 0 Å². The summed E-state index contributed by atoms with van der Waals surface area (Å²) in [5.74, 6) is 0.999. The van der Waals surface area contributed by atoms with Gasteiger partial charge < -0.3 is 5.32 Å². The van der Waals surface area contributed by atoms with Crippen LogP contribution < -0.4 is 5.32 Å². The number of allylic oxidation sites excluding steroid dienone is 1. The van der Waals surface area contributed by atoms with Crippen LogP contribution in [-0.4, -0.2) is 13.1 Å². The molecule has 1 rings (SSSR count). The van der Waals surface area contributed by atoms with Crippen LogP contribution in [0.1, 0.15) is 58.3 Å². The SMILES string of the molecule is CCCNCCC=CCC1CCCCC1. The van der Waals surface area contributed by atoms with Crippen LogP contribution in [0.4, 0.5) is 0 Å². The summed E-state index contributed by atoms with van der Waals surface area (Å²) in [6.45, 7) is 4.53. The predicted octanol–water partition coefficient (Wildman–Crippen LogP) is 3.90. The highest BCUT2D eigenvalue weighted by molar-refractivity contribution is 4.85. The van der Waals surface area contributed by atoms with Crippen LogP contribution in [0.3, 0.4) is 0 Å². The molecule has 1 nitrogen and oxygen atoms in total. The van der Waals surface area contributed by atoms with Crippen molar-refractivity contribution in [2.24, 2.45) is 5.92 Å². The van der Waals surface area contributed by atoms with Gasteiger partial charge in [0.05, 0.1) is 0 Å². The molecule has 1 heteroatoms. The zero-order valence-electron chi connectivity index (χ0n) is 10.3. The van der Waals surface area contributed by atoms with Gasteiger partial charge in [-0.15, -0.1) is 0 Å². The predicted molar refractivity (Wildman–Crippen MR) is 68.1 cm³/mol. The van der Waals surface area contributed by atoms with Crippen LogP contribution in [0, 0.1) is 5.92 Å². The fraction of sp³-hybridized carbons (Fsp3) is 0.857. The van der Waals surface area contributed by atoms with Gasteiger partial charge >= 0.3 is 0 Å². The Morgan fingerprint density at radius 3 is 2.60 bits per heavy atom. The Hall–Kier alpha value is -0.300. The van der Waals surface area contributed by atoms with Crippen molar-refractivity contribution in [3.63, 3.8) is 0 Å². The lowest BCUT2D eigenvalue weighted by Gasteiger charge is -2.19. The molecule has 0 amide bonds. The van der Waals surface area contributed by atoms with Gasteiger partial charge in [-0.3, -0.25) is 0 Å². The van der Waals surface area contributed by atoms with Crippen LogP contribution in [-0.2, 0) is 0 Å². The molecule has 0 aromatic heterocycles. The molecule has 1 saturated carbocycles. The maximum absolute atomic E-state index is 3.42. The molecule has 1 aliphatic rings. The van der Waals surface area contributed by atoms with E-state index in [1.165, 1.54) is 51.4 Å². The van der Waals surface area contributed by atoms with E-state index < -0.39 is 0 Å². The van der Waals surface area contributed by atoms with Crippen molar-refractivity contribution in [3.05, 3.63) is 12.2 Å². The summed E-state index contributed by atoms with van der Waals surface area (Å²) in [5, 5.41) is 3.42. The highest BCUT2D eigenvalue weighted by atomic mass is 14.8. The van der Waals surface area contributed by atoms with E-state index in [-0.39, 0.29) is 0 Å². The lowest BCUT2D eigenvalue weighted by Crippen LogP contribution is -2.15. The average molecular weight is 209 g/mol. The van der Waals surface area contributed by atoms with Gasteiger partial charge in [0.2, 0.25) is 0 Å². The van der Waals surface area contributed by atoms with Crippen LogP contribution in [0.5, 0.6) is 0 Å². The number of nitrogens with one attached hydrogen (secondary N) is 1. The zero-order chi connectivity index (χ0) is 10.8. The molecule has 1 aliphatic carbocycles. The zero-order valence-corrected chi connectivity index (χ0v) is 10.3. The Kier molecular flexibility index (Phi) is 7.63. The fourth-order valence-electron chi connectivity index (χ4n) is 2.32. The minimum absolute atomic E-state index is 0.999. The molecular weight excluding hydrogens is 182 g/mol. The molecule has 0 atom stereocenters. The minimum atomic E-state index is 0.999. The smallest absolute Gasteiger partial charge is 0.00143 e. The maximum atomic E-state index is 3.42. The minimum Gasteiger partial charge on any atom is -0.316 e. The van der Waals surface area contributed by atoms with Crippen molar-refractivity contribution in [2.45, 2.75) is 58.3 Å². The third-order valence-electron chi connectivity index (χ3n) is 3.28. The summed E-state index contributed by atoms with van der Waals surface area (Å²) in [7, 11) is 0. The van der Waals surface area contributed by atoms with Gasteiger partial charge in [-0.25, -0.2) is 0 Å². The fourth-order valence-corrected chi connectivity index (χ4v) is 2.32. The van der Waals surface area contributed by atoms with Crippen molar-refractivity contribution in [1.29, 1.82) is 0 Å². The van der Waals surface area contributed by atoms with Gasteiger partial charge in [0.25, 0.3) is 0 Å². The molecular formula is C14H27N. The molecule has 88 valence electrons. The molecule has 0 spiro atoms. The summed E-state index contributed by atoms with van der Waals surface area (Å²) < 4.78 is 0. The average Bonchev–Trinajstić information content (AvgIpc) is 2.29. The second-order valence-corrected chi connectivity index (χ2v) is 4.75. The van der Waals surface area contributed by atoms with Crippen molar-refractivity contribution in [1.82, 2.24) is 5.32 Å². The topological polar surface area (TPSA) is 12.0 Å². The molecule has 0 aliphatic heterocycles. The highest BCUT2D eigenvalue weighted by Crippen LogP contribution is 2.26. The summed E-state index contributed by atoms with van der Waals surface area (Å²) >= 11 is 0. The van der Waals surface area contributed by atoms with Gasteiger partial charge in [-0.05, 0) is 38.3 Å². The van der Waals surface area contributed by atoms with E-state index in [2.05, 4.69) is 24.4 Å². The number of hydrogen-bond acceptors (Lipinski definition) is 1. The van der Waals surface area contributed by atoms with Crippen molar-refractivity contribution in [2.75, 3.05) is 13.1 Å². The van der Waals surface area contributed by atoms with Crippen molar-refractivity contribution in [3.8, 4) is 0 Å². The van der Waals surface area contributed by atoms with Gasteiger partial charge in [-0.2, -0.15) is 0 Å². The second-order valence-electron chi connectivity index (χ2n) is 4.75. The third kappa shape index (κ3) is 6.72. The van der Waals surface area contributed by atoms with E-state index in [4.69, 9.17) is 0 Å². The van der Waals surface area contributed by atoms with Gasteiger partial charge in [0.15, 0.2) is 0 Å². The van der Waals surface area contributed by atoms with E-state index in [1.807, 2.05) is 0 Å². The summed E-state index contributed by atoms with van der Waals surface area (Å²) in [4.78, 5) is 0. The third-order valence-corrected chi connectivity index (χ3v) is 3.28. The van der Waals surface area contributed by atoms with Gasteiger partial charge in [0, 0.05) is 0 Å². The van der Waals surface area contributed by atoms with E-state index in [0.717, 1.165) is 19.0 Å². The Morgan fingerprint density at radius 1 is 1.07 bits per heavy atom. The number of rotatable bonds is 7. The first kappa shape index (κ1) is 12.8. The molecule has 0 aromatic carbocycles. The van der Waals surface area contributed by atoms with Crippen LogP contribution in [0.25, 0.3) is 0 Å². The summed E-state index contributed by atoms with van der Waals surface area (Å²) in [5.41, 5.74) is 0. The van der Waals surface area contributed by atoms with Crippen molar-refractivity contribution >= 4 is 0 Å². The largest absolute Gasteiger partial charge is 0.316 e. The Balaban J connectivity index is 1.91. The van der Waals surface area contributed by atoms with Crippen LogP contribution in [0.15, 0.2) is 12.2 Å². The molecule has 0 bridgehead atoms. The summed E-state index contributed by atoms with van der Waals surface area (Å²) in [6.07, 6.45) is 15.9. The first-order valence-electron chi connectivity index (χ1n) is 6.79. The monoisotopic (exact) mass is 209 g/mol. The molecule has 0 aromatic rings. The van der Waals surface area contributed by atoms with E-state index in [0.29, 0.717) is 0 Å². The van der Waals surface area contributed by atoms with E-state index in [9.17, 15) is 0 Å². The number of hydrogen-bond donors (Lipinski definition) is 1. The Morgan fingerprint density at radius 2 is 1.87 bits per heavy atom. The van der Waals surface area contributed by atoms with Crippen molar-refractivity contribution < 1.29 is 0 Å². The normalized spacial score (nSPS) is 18.7. The first-order valence-corrected chi connectivity index (χ1v) is 6.79. The summed E-state index contributed by atoms with van der Waals surface area (Å²) in [6, 6.07) is 0. The highest BCUT2D eigenvalue weighted by Gasteiger charge is 2.10. The lowest BCUT2D eigenvalue weighted by atomic mass is 9.87. The lowest BCUT2D eigenvalue weighted by molar-refractivity contribution is 0.361. The molecule has 0 heterocycles. The molecule has 15 heavy (non-hydrogen) atoms. The van der Waals surface area contributed by atoms with E-state index >= 15 is 0 Å². The van der Waals surface area contributed by atoms with Crippen LogP contribution in [0.2, 0.25) is 0 Å². The molecule has 0 saturated heterocycles. The molecule has 0 radical (unpaired) electrons. The second kappa shape index (κ2) is 8.96. The Bertz CT molecular complexity index is 157. The molecule has 1 N–H and O–H groups in total.